The number of phenolic OH excluding ortho intramolecular Hbond substituents is 1. The number of anilines is 1. The van der Waals surface area contributed by atoms with Gasteiger partial charge >= 0.3 is 0 Å². The standard InChI is InChI=1S/C20H19NO/c22-20-13-7-5-11-18(20)15-21-19-12-6-4-10-17(19)14-16-8-2-1-3-9-16/h1-13,21-22H,14-15H2. The van der Waals surface area contributed by atoms with Crippen molar-refractivity contribution in [1.29, 1.82) is 0 Å². The van der Waals surface area contributed by atoms with Crippen molar-refractivity contribution in [3.8, 4) is 5.75 Å². The van der Waals surface area contributed by atoms with Crippen molar-refractivity contribution < 1.29 is 5.11 Å². The molecule has 0 fully saturated rings. The quantitative estimate of drug-likeness (QED) is 0.719. The zero-order valence-electron chi connectivity index (χ0n) is 12.4. The third-order valence-electron chi connectivity index (χ3n) is 3.72. The Kier molecular flexibility index (Phi) is 4.40. The van der Waals surface area contributed by atoms with E-state index < -0.39 is 0 Å². The molecule has 0 saturated carbocycles. The maximum Gasteiger partial charge on any atom is 0.120 e. The monoisotopic (exact) mass is 289 g/mol. The minimum Gasteiger partial charge on any atom is -0.508 e. The topological polar surface area (TPSA) is 32.3 Å². The van der Waals surface area contributed by atoms with E-state index in [0.717, 1.165) is 17.7 Å². The van der Waals surface area contributed by atoms with E-state index in [1.807, 2.05) is 30.3 Å². The van der Waals surface area contributed by atoms with Gasteiger partial charge in [0.15, 0.2) is 0 Å². The van der Waals surface area contributed by atoms with Crippen LogP contribution in [0.1, 0.15) is 16.7 Å². The average molecular weight is 289 g/mol. The second-order valence-corrected chi connectivity index (χ2v) is 5.30. The highest BCUT2D eigenvalue weighted by Gasteiger charge is 2.04. The van der Waals surface area contributed by atoms with Crippen molar-refractivity contribution in [2.45, 2.75) is 13.0 Å². The molecule has 2 nitrogen and oxygen atoms in total. The molecule has 22 heavy (non-hydrogen) atoms. The van der Waals surface area contributed by atoms with E-state index in [-0.39, 0.29) is 0 Å². The summed E-state index contributed by atoms with van der Waals surface area (Å²) in [6.07, 6.45) is 0.894. The average Bonchev–Trinajstić information content (AvgIpc) is 2.56. The van der Waals surface area contributed by atoms with Crippen LogP contribution in [0.5, 0.6) is 5.75 Å². The van der Waals surface area contributed by atoms with E-state index in [2.05, 4.69) is 47.8 Å². The molecule has 0 saturated heterocycles. The molecule has 0 aromatic heterocycles. The van der Waals surface area contributed by atoms with Gasteiger partial charge in [-0.2, -0.15) is 0 Å². The van der Waals surface area contributed by atoms with Gasteiger partial charge in [-0.25, -0.2) is 0 Å². The second kappa shape index (κ2) is 6.81. The molecule has 0 unspecified atom stereocenters. The lowest BCUT2D eigenvalue weighted by Crippen LogP contribution is -2.03. The summed E-state index contributed by atoms with van der Waals surface area (Å²) >= 11 is 0. The number of hydrogen-bond acceptors (Lipinski definition) is 2. The van der Waals surface area contributed by atoms with E-state index in [1.165, 1.54) is 11.1 Å². The number of aromatic hydroxyl groups is 1. The molecular formula is C20H19NO. The highest BCUT2D eigenvalue weighted by atomic mass is 16.3. The van der Waals surface area contributed by atoms with Crippen molar-refractivity contribution >= 4 is 5.69 Å². The van der Waals surface area contributed by atoms with Crippen LogP contribution >= 0.6 is 0 Å². The largest absolute Gasteiger partial charge is 0.508 e. The lowest BCUT2D eigenvalue weighted by molar-refractivity contribution is 0.469. The van der Waals surface area contributed by atoms with Gasteiger partial charge in [0.05, 0.1) is 0 Å². The summed E-state index contributed by atoms with van der Waals surface area (Å²) < 4.78 is 0. The molecule has 3 rings (SSSR count). The highest BCUT2D eigenvalue weighted by molar-refractivity contribution is 5.53. The SMILES string of the molecule is Oc1ccccc1CNc1ccccc1Cc1ccccc1. The molecule has 0 spiro atoms. The smallest absolute Gasteiger partial charge is 0.120 e. The van der Waals surface area contributed by atoms with Crippen LogP contribution in [0.4, 0.5) is 5.69 Å². The maximum absolute atomic E-state index is 9.85. The van der Waals surface area contributed by atoms with Crippen molar-refractivity contribution in [3.63, 3.8) is 0 Å². The molecule has 0 aliphatic heterocycles. The molecule has 3 aromatic rings. The van der Waals surface area contributed by atoms with Crippen LogP contribution in [0.2, 0.25) is 0 Å². The van der Waals surface area contributed by atoms with Gasteiger partial charge in [0.2, 0.25) is 0 Å². The molecule has 2 N–H and O–H groups in total. The molecular weight excluding hydrogens is 270 g/mol. The van der Waals surface area contributed by atoms with E-state index in [9.17, 15) is 5.11 Å². The molecule has 2 heteroatoms. The van der Waals surface area contributed by atoms with Gasteiger partial charge < -0.3 is 10.4 Å². The molecule has 110 valence electrons. The van der Waals surface area contributed by atoms with Crippen LogP contribution < -0.4 is 5.32 Å². The lowest BCUT2D eigenvalue weighted by Gasteiger charge is -2.13. The van der Waals surface area contributed by atoms with Crippen molar-refractivity contribution in [2.24, 2.45) is 0 Å². The van der Waals surface area contributed by atoms with E-state index in [0.29, 0.717) is 12.3 Å². The Labute approximate surface area is 131 Å². The second-order valence-electron chi connectivity index (χ2n) is 5.30. The minimum absolute atomic E-state index is 0.329. The van der Waals surface area contributed by atoms with E-state index in [1.54, 1.807) is 6.07 Å². The Morgan fingerprint density at radius 3 is 2.09 bits per heavy atom. The first kappa shape index (κ1) is 14.2. The number of benzene rings is 3. The van der Waals surface area contributed by atoms with Crippen molar-refractivity contribution in [1.82, 2.24) is 0 Å². The highest BCUT2D eigenvalue weighted by Crippen LogP contribution is 2.22. The molecule has 0 aliphatic rings. The molecule has 0 radical (unpaired) electrons. The molecule has 0 bridgehead atoms. The zero-order chi connectivity index (χ0) is 15.2. The number of nitrogens with one attached hydrogen (secondary N) is 1. The predicted octanol–water partition coefficient (Wildman–Crippen LogP) is 4.60. The third kappa shape index (κ3) is 3.47. The fourth-order valence-corrected chi connectivity index (χ4v) is 2.51. The summed E-state index contributed by atoms with van der Waals surface area (Å²) in [5, 5.41) is 13.3. The Morgan fingerprint density at radius 2 is 1.32 bits per heavy atom. The lowest BCUT2D eigenvalue weighted by atomic mass is 10.0. The van der Waals surface area contributed by atoms with Crippen LogP contribution in [0.3, 0.4) is 0 Å². The summed E-state index contributed by atoms with van der Waals surface area (Å²) in [5.41, 5.74) is 4.55. The molecule has 0 amide bonds. The van der Waals surface area contributed by atoms with Crippen LogP contribution in [0, 0.1) is 0 Å². The van der Waals surface area contributed by atoms with Gasteiger partial charge in [0.25, 0.3) is 0 Å². The van der Waals surface area contributed by atoms with E-state index >= 15 is 0 Å². The van der Waals surface area contributed by atoms with E-state index in [4.69, 9.17) is 0 Å². The summed E-state index contributed by atoms with van der Waals surface area (Å²) in [6, 6.07) is 26.2. The fourth-order valence-electron chi connectivity index (χ4n) is 2.51. The molecule has 0 atom stereocenters. The van der Waals surface area contributed by atoms with Gasteiger partial charge in [-0.3, -0.25) is 0 Å². The Balaban J connectivity index is 1.75. The summed E-state index contributed by atoms with van der Waals surface area (Å²) in [6.45, 7) is 0.610. The predicted molar refractivity (Wildman–Crippen MR) is 91.1 cm³/mol. The van der Waals surface area contributed by atoms with Crippen LogP contribution in [0.25, 0.3) is 0 Å². The number of phenols is 1. The summed E-state index contributed by atoms with van der Waals surface area (Å²) in [4.78, 5) is 0. The maximum atomic E-state index is 9.85. The fraction of sp³-hybridized carbons (Fsp3) is 0.100. The molecule has 0 aliphatic carbocycles. The molecule has 3 aromatic carbocycles. The van der Waals surface area contributed by atoms with Gasteiger partial charge in [-0.05, 0) is 29.7 Å². The zero-order valence-corrected chi connectivity index (χ0v) is 12.4. The van der Waals surface area contributed by atoms with Gasteiger partial charge in [0.1, 0.15) is 5.75 Å². The number of para-hydroxylation sites is 2. The third-order valence-corrected chi connectivity index (χ3v) is 3.72. The van der Waals surface area contributed by atoms with Gasteiger partial charge in [-0.15, -0.1) is 0 Å². The minimum atomic E-state index is 0.329. The number of rotatable bonds is 5. The Bertz CT molecular complexity index is 737. The number of hydrogen-bond donors (Lipinski definition) is 2. The van der Waals surface area contributed by atoms with Crippen LogP contribution in [-0.2, 0) is 13.0 Å². The normalized spacial score (nSPS) is 10.4. The van der Waals surface area contributed by atoms with Gasteiger partial charge in [0, 0.05) is 17.8 Å². The van der Waals surface area contributed by atoms with Gasteiger partial charge in [-0.1, -0.05) is 66.7 Å². The first-order valence-corrected chi connectivity index (χ1v) is 7.45. The summed E-state index contributed by atoms with van der Waals surface area (Å²) in [5.74, 6) is 0.329. The van der Waals surface area contributed by atoms with Crippen LogP contribution in [-0.4, -0.2) is 5.11 Å². The molecule has 0 heterocycles. The summed E-state index contributed by atoms with van der Waals surface area (Å²) in [7, 11) is 0. The first-order chi connectivity index (χ1) is 10.8. The van der Waals surface area contributed by atoms with Crippen molar-refractivity contribution in [3.05, 3.63) is 95.6 Å². The van der Waals surface area contributed by atoms with Crippen molar-refractivity contribution in [2.75, 3.05) is 5.32 Å². The Hall–Kier alpha value is -2.74. The van der Waals surface area contributed by atoms with Crippen LogP contribution in [0.15, 0.2) is 78.9 Å². The first-order valence-electron chi connectivity index (χ1n) is 7.45. The Morgan fingerprint density at radius 1 is 0.682 bits per heavy atom.